The van der Waals surface area contributed by atoms with E-state index in [0.29, 0.717) is 22.7 Å². The number of carbonyl (C=O) groups is 3. The van der Waals surface area contributed by atoms with E-state index in [1.807, 2.05) is 4.90 Å². The number of ether oxygens (including phenoxy) is 2. The van der Waals surface area contributed by atoms with E-state index in [-0.39, 0.29) is 24.8 Å². The molecule has 1 aromatic rings. The molecule has 0 radical (unpaired) electrons. The molecule has 0 unspecified atom stereocenters. The van der Waals surface area contributed by atoms with Crippen LogP contribution in [0.3, 0.4) is 0 Å². The third kappa shape index (κ3) is 4.23. The van der Waals surface area contributed by atoms with Gasteiger partial charge in [-0.3, -0.25) is 4.79 Å². The van der Waals surface area contributed by atoms with Crippen molar-refractivity contribution < 1.29 is 23.9 Å². The molecule has 2 aliphatic rings. The van der Waals surface area contributed by atoms with Crippen LogP contribution < -0.4 is 0 Å². The molecule has 2 fully saturated rings. The van der Waals surface area contributed by atoms with E-state index < -0.39 is 11.9 Å². The lowest BCUT2D eigenvalue weighted by Gasteiger charge is -2.41. The third-order valence-electron chi connectivity index (χ3n) is 6.09. The Bertz CT molecular complexity index is 754. The van der Waals surface area contributed by atoms with Crippen LogP contribution in [0.15, 0.2) is 0 Å². The minimum Gasteiger partial charge on any atom is -0.462 e. The molecule has 1 aliphatic heterocycles. The van der Waals surface area contributed by atoms with E-state index in [2.05, 4.69) is 4.98 Å². The summed E-state index contributed by atoms with van der Waals surface area (Å²) in [6, 6.07) is 0. The van der Waals surface area contributed by atoms with Gasteiger partial charge in [-0.05, 0) is 51.0 Å². The molecule has 2 heterocycles. The summed E-state index contributed by atoms with van der Waals surface area (Å²) in [4.78, 5) is 41.8. The molecule has 1 saturated heterocycles. The normalized spacial score (nSPS) is 21.8. The molecule has 154 valence electrons. The Balaban J connectivity index is 1.57. The fraction of sp³-hybridized carbons (Fsp3) is 0.667. The van der Waals surface area contributed by atoms with Gasteiger partial charge in [0.2, 0.25) is 0 Å². The van der Waals surface area contributed by atoms with Crippen LogP contribution in [0.5, 0.6) is 0 Å². The number of amides is 1. The molecule has 7 nitrogen and oxygen atoms in total. The number of nitrogens with one attached hydrogen (secondary N) is 1. The molecule has 1 saturated carbocycles. The molecule has 1 aliphatic carbocycles. The molecule has 0 aromatic carbocycles. The lowest BCUT2D eigenvalue weighted by molar-refractivity contribution is -0.137. The number of aryl methyl sites for hydroxylation is 1. The van der Waals surface area contributed by atoms with Crippen LogP contribution in [0.25, 0.3) is 0 Å². The van der Waals surface area contributed by atoms with Crippen molar-refractivity contribution in [3.05, 3.63) is 22.5 Å². The number of aromatic nitrogens is 1. The van der Waals surface area contributed by atoms with Crippen molar-refractivity contribution in [2.45, 2.75) is 52.9 Å². The van der Waals surface area contributed by atoms with E-state index in [0.717, 1.165) is 25.4 Å². The molecule has 28 heavy (non-hydrogen) atoms. The van der Waals surface area contributed by atoms with Gasteiger partial charge in [0, 0.05) is 18.8 Å². The van der Waals surface area contributed by atoms with Crippen LogP contribution in [0.1, 0.15) is 71.1 Å². The van der Waals surface area contributed by atoms with Gasteiger partial charge in [-0.25, -0.2) is 9.59 Å². The first-order valence-corrected chi connectivity index (χ1v) is 10.2. The number of esters is 2. The van der Waals surface area contributed by atoms with Gasteiger partial charge in [0.25, 0.3) is 5.91 Å². The molecule has 0 spiro atoms. The first-order chi connectivity index (χ1) is 13.4. The van der Waals surface area contributed by atoms with Gasteiger partial charge in [-0.1, -0.05) is 19.3 Å². The van der Waals surface area contributed by atoms with Crippen molar-refractivity contribution in [1.29, 1.82) is 0 Å². The van der Waals surface area contributed by atoms with Crippen LogP contribution >= 0.6 is 0 Å². The number of hydrogen-bond acceptors (Lipinski definition) is 5. The van der Waals surface area contributed by atoms with E-state index in [1.165, 1.54) is 25.7 Å². The molecule has 7 heteroatoms. The van der Waals surface area contributed by atoms with Crippen molar-refractivity contribution in [3.8, 4) is 0 Å². The average molecular weight is 390 g/mol. The van der Waals surface area contributed by atoms with E-state index in [4.69, 9.17) is 9.47 Å². The quantitative estimate of drug-likeness (QED) is 0.781. The fourth-order valence-electron chi connectivity index (χ4n) is 4.58. The van der Waals surface area contributed by atoms with Crippen LogP contribution in [-0.2, 0) is 14.3 Å². The number of rotatable bonds is 5. The number of likely N-dealkylation sites (tertiary alicyclic amines) is 1. The molecule has 1 amide bonds. The maximum Gasteiger partial charge on any atom is 0.355 e. The number of aromatic amines is 1. The smallest absolute Gasteiger partial charge is 0.355 e. The zero-order valence-electron chi connectivity index (χ0n) is 17.0. The van der Waals surface area contributed by atoms with Gasteiger partial charge in [0.15, 0.2) is 6.61 Å². The van der Waals surface area contributed by atoms with E-state index in [9.17, 15) is 14.4 Å². The van der Waals surface area contributed by atoms with Gasteiger partial charge < -0.3 is 19.4 Å². The molecule has 1 N–H and O–H groups in total. The fourth-order valence-corrected chi connectivity index (χ4v) is 4.58. The van der Waals surface area contributed by atoms with Crippen LogP contribution in [0.4, 0.5) is 0 Å². The van der Waals surface area contributed by atoms with Crippen LogP contribution in [0, 0.1) is 25.7 Å². The Morgan fingerprint density at radius 2 is 1.75 bits per heavy atom. The SMILES string of the molecule is CCOC(=O)c1c(C)[nH]c(C(=O)OCC(=O)N2CC[C@H]3CCCC[C@H]3C2)c1C. The highest BCUT2D eigenvalue weighted by Crippen LogP contribution is 2.36. The van der Waals surface area contributed by atoms with Crippen molar-refractivity contribution in [2.75, 3.05) is 26.3 Å². The summed E-state index contributed by atoms with van der Waals surface area (Å²) in [7, 11) is 0. The van der Waals surface area contributed by atoms with Crippen molar-refractivity contribution in [3.63, 3.8) is 0 Å². The van der Waals surface area contributed by atoms with E-state index >= 15 is 0 Å². The molecule has 3 rings (SSSR count). The maximum atomic E-state index is 12.5. The second-order valence-corrected chi connectivity index (χ2v) is 7.85. The summed E-state index contributed by atoms with van der Waals surface area (Å²) in [6.07, 6.45) is 6.05. The highest BCUT2D eigenvalue weighted by atomic mass is 16.5. The lowest BCUT2D eigenvalue weighted by atomic mass is 9.75. The van der Waals surface area contributed by atoms with Crippen molar-refractivity contribution in [2.24, 2.45) is 11.8 Å². The van der Waals surface area contributed by atoms with E-state index in [1.54, 1.807) is 20.8 Å². The second kappa shape index (κ2) is 8.80. The number of fused-ring (bicyclic) bond motifs is 1. The number of piperidine rings is 1. The van der Waals surface area contributed by atoms with Gasteiger partial charge in [-0.15, -0.1) is 0 Å². The maximum absolute atomic E-state index is 12.5. The standard InChI is InChI=1S/C21H30N2O5/c1-4-27-20(25)18-13(2)19(22-14(18)3)21(26)28-12-17(24)23-10-9-15-7-5-6-8-16(15)11-23/h15-16,22H,4-12H2,1-3H3/t15-,16+/m1/s1. The first-order valence-electron chi connectivity index (χ1n) is 10.2. The van der Waals surface area contributed by atoms with Crippen molar-refractivity contribution >= 4 is 17.8 Å². The third-order valence-corrected chi connectivity index (χ3v) is 6.09. The summed E-state index contributed by atoms with van der Waals surface area (Å²) >= 11 is 0. The Morgan fingerprint density at radius 3 is 2.46 bits per heavy atom. The van der Waals surface area contributed by atoms with Crippen LogP contribution in [0.2, 0.25) is 0 Å². The van der Waals surface area contributed by atoms with Crippen molar-refractivity contribution in [1.82, 2.24) is 9.88 Å². The van der Waals surface area contributed by atoms with Gasteiger partial charge in [0.05, 0.1) is 12.2 Å². The Morgan fingerprint density at radius 1 is 1.04 bits per heavy atom. The molecular formula is C21H30N2O5. The van der Waals surface area contributed by atoms with Gasteiger partial charge in [-0.2, -0.15) is 0 Å². The molecule has 1 aromatic heterocycles. The summed E-state index contributed by atoms with van der Waals surface area (Å²) in [5, 5.41) is 0. The molecular weight excluding hydrogens is 360 g/mol. The first kappa shape index (κ1) is 20.4. The Hall–Kier alpha value is -2.31. The summed E-state index contributed by atoms with van der Waals surface area (Å²) in [5.74, 6) is 0.0778. The topological polar surface area (TPSA) is 88.7 Å². The van der Waals surface area contributed by atoms with Gasteiger partial charge in [0.1, 0.15) is 5.69 Å². The zero-order chi connectivity index (χ0) is 20.3. The number of hydrogen-bond donors (Lipinski definition) is 1. The molecule has 2 atom stereocenters. The average Bonchev–Trinajstić information content (AvgIpc) is 2.99. The molecule has 0 bridgehead atoms. The zero-order valence-corrected chi connectivity index (χ0v) is 17.0. The largest absolute Gasteiger partial charge is 0.462 e. The summed E-state index contributed by atoms with van der Waals surface area (Å²) in [5.41, 5.74) is 1.57. The second-order valence-electron chi connectivity index (χ2n) is 7.85. The Kier molecular flexibility index (Phi) is 6.42. The predicted molar refractivity (Wildman–Crippen MR) is 103 cm³/mol. The predicted octanol–water partition coefficient (Wildman–Crippen LogP) is 3.00. The number of carbonyl (C=O) groups excluding carboxylic acids is 3. The highest BCUT2D eigenvalue weighted by molar-refractivity contribution is 5.99. The minimum absolute atomic E-state index is 0.149. The summed E-state index contributed by atoms with van der Waals surface area (Å²) < 4.78 is 10.3. The van der Waals surface area contributed by atoms with Crippen LogP contribution in [-0.4, -0.2) is 54.0 Å². The Labute approximate surface area is 165 Å². The lowest BCUT2D eigenvalue weighted by Crippen LogP contribution is -2.46. The highest BCUT2D eigenvalue weighted by Gasteiger charge is 2.33. The summed E-state index contributed by atoms with van der Waals surface area (Å²) in [6.45, 7) is 6.60. The van der Waals surface area contributed by atoms with Gasteiger partial charge >= 0.3 is 11.9 Å². The number of H-pyrrole nitrogens is 1. The monoisotopic (exact) mass is 390 g/mol. The minimum atomic E-state index is -0.628. The number of nitrogens with zero attached hydrogens (tertiary/aromatic N) is 1.